The van der Waals surface area contributed by atoms with E-state index < -0.39 is 0 Å². The summed E-state index contributed by atoms with van der Waals surface area (Å²) in [5, 5.41) is 0. The molecule has 0 bridgehead atoms. The molecular weight excluding hydrogens is 442 g/mol. The molecule has 36 heavy (non-hydrogen) atoms. The van der Waals surface area contributed by atoms with E-state index in [1.54, 1.807) is 17.7 Å². The summed E-state index contributed by atoms with van der Waals surface area (Å²) in [6, 6.07) is 0. The summed E-state index contributed by atoms with van der Waals surface area (Å²) >= 11 is 0. The van der Waals surface area contributed by atoms with Crippen LogP contribution in [0.25, 0.3) is 0 Å². The first-order valence-corrected chi connectivity index (χ1v) is 14.5. The van der Waals surface area contributed by atoms with Gasteiger partial charge in [-0.2, -0.15) is 0 Å². The molecule has 3 fully saturated rings. The van der Waals surface area contributed by atoms with Crippen molar-refractivity contribution >= 4 is 5.78 Å². The van der Waals surface area contributed by atoms with Crippen molar-refractivity contribution in [1.82, 2.24) is 4.90 Å². The zero-order valence-corrected chi connectivity index (χ0v) is 24.2. The second-order valence-corrected chi connectivity index (χ2v) is 12.8. The third-order valence-electron chi connectivity index (χ3n) is 10.6. The molecule has 3 saturated carbocycles. The lowest BCUT2D eigenvalue weighted by molar-refractivity contribution is -0.113. The van der Waals surface area contributed by atoms with Gasteiger partial charge < -0.3 is 9.64 Å². The van der Waals surface area contributed by atoms with E-state index in [0.717, 1.165) is 43.2 Å². The Bertz CT molecular complexity index is 854. The van der Waals surface area contributed by atoms with Crippen LogP contribution in [0, 0.1) is 34.5 Å². The van der Waals surface area contributed by atoms with Gasteiger partial charge in [0.05, 0.1) is 6.10 Å². The molecule has 0 aromatic carbocycles. The summed E-state index contributed by atoms with van der Waals surface area (Å²) in [7, 11) is 4.29. The Morgan fingerprint density at radius 2 is 1.86 bits per heavy atom. The van der Waals surface area contributed by atoms with Crippen molar-refractivity contribution in [2.75, 3.05) is 27.2 Å². The zero-order chi connectivity index (χ0) is 26.5. The van der Waals surface area contributed by atoms with Crippen molar-refractivity contribution in [1.29, 1.82) is 0 Å². The van der Waals surface area contributed by atoms with Gasteiger partial charge in [-0.05, 0) is 120 Å². The summed E-state index contributed by atoms with van der Waals surface area (Å²) in [6.45, 7) is 18.3. The molecule has 3 unspecified atom stereocenters. The SMILES string of the molecule is C=C/C=C(\C=C)C(C)=O.C[C@H]1CCC2C3CCC4=C[C@@H](OCCCN(C)C)CC[C@]4(C)C3CC[C@@]21C. The van der Waals surface area contributed by atoms with Crippen LogP contribution in [0.3, 0.4) is 0 Å². The van der Waals surface area contributed by atoms with Gasteiger partial charge in [-0.3, -0.25) is 4.79 Å². The summed E-state index contributed by atoms with van der Waals surface area (Å²) in [4.78, 5) is 12.8. The van der Waals surface area contributed by atoms with Crippen molar-refractivity contribution < 1.29 is 9.53 Å². The Hall–Kier alpha value is -1.45. The molecule has 0 aliphatic heterocycles. The summed E-state index contributed by atoms with van der Waals surface area (Å²) < 4.78 is 6.26. The molecule has 3 heteroatoms. The minimum Gasteiger partial charge on any atom is -0.374 e. The predicted molar refractivity (Wildman–Crippen MR) is 153 cm³/mol. The van der Waals surface area contributed by atoms with Gasteiger partial charge in [-0.1, -0.05) is 63.8 Å². The van der Waals surface area contributed by atoms with Crippen LogP contribution >= 0.6 is 0 Å². The van der Waals surface area contributed by atoms with Crippen molar-refractivity contribution in [2.24, 2.45) is 34.5 Å². The number of hydrogen-bond donors (Lipinski definition) is 0. The van der Waals surface area contributed by atoms with Crippen LogP contribution in [0.15, 0.2) is 48.6 Å². The highest BCUT2D eigenvalue weighted by Gasteiger charge is 2.57. The van der Waals surface area contributed by atoms with Gasteiger partial charge in [0.1, 0.15) is 0 Å². The van der Waals surface area contributed by atoms with Gasteiger partial charge in [-0.15, -0.1) is 0 Å². The van der Waals surface area contributed by atoms with E-state index >= 15 is 0 Å². The Labute approximate surface area is 222 Å². The summed E-state index contributed by atoms with van der Waals surface area (Å²) in [6.07, 6.45) is 20.2. The first-order valence-electron chi connectivity index (χ1n) is 14.5. The molecular formula is C33H53NO2. The van der Waals surface area contributed by atoms with Crippen LogP contribution in [0.1, 0.15) is 85.5 Å². The van der Waals surface area contributed by atoms with Gasteiger partial charge >= 0.3 is 0 Å². The maximum absolute atomic E-state index is 10.6. The highest BCUT2D eigenvalue weighted by molar-refractivity contribution is 5.96. The number of ether oxygens (including phenoxy) is 1. The van der Waals surface area contributed by atoms with E-state index in [4.69, 9.17) is 4.74 Å². The van der Waals surface area contributed by atoms with Crippen molar-refractivity contribution in [3.05, 3.63) is 48.6 Å². The molecule has 0 heterocycles. The molecule has 7 atom stereocenters. The summed E-state index contributed by atoms with van der Waals surface area (Å²) in [5.41, 5.74) is 3.48. The van der Waals surface area contributed by atoms with E-state index in [1.165, 1.54) is 64.4 Å². The topological polar surface area (TPSA) is 29.5 Å². The average molecular weight is 496 g/mol. The van der Waals surface area contributed by atoms with Crippen LogP contribution in [-0.2, 0) is 9.53 Å². The van der Waals surface area contributed by atoms with E-state index in [0.29, 0.717) is 22.5 Å². The number of nitrogens with zero attached hydrogens (tertiary/aromatic N) is 1. The van der Waals surface area contributed by atoms with Crippen LogP contribution < -0.4 is 0 Å². The number of ketones is 1. The molecule has 0 aromatic heterocycles. The zero-order valence-electron chi connectivity index (χ0n) is 24.2. The van der Waals surface area contributed by atoms with Crippen molar-refractivity contribution in [3.8, 4) is 0 Å². The lowest BCUT2D eigenvalue weighted by Gasteiger charge is -2.58. The molecule has 0 aromatic rings. The van der Waals surface area contributed by atoms with E-state index in [9.17, 15) is 4.79 Å². The second-order valence-electron chi connectivity index (χ2n) is 12.8. The van der Waals surface area contributed by atoms with Gasteiger partial charge in [0.15, 0.2) is 5.78 Å². The third-order valence-corrected chi connectivity index (χ3v) is 10.6. The van der Waals surface area contributed by atoms with Crippen molar-refractivity contribution in [3.63, 3.8) is 0 Å². The Kier molecular flexibility index (Phi) is 10.0. The number of carbonyl (C=O) groups is 1. The van der Waals surface area contributed by atoms with Crippen LogP contribution in [0.5, 0.6) is 0 Å². The first-order chi connectivity index (χ1) is 17.1. The minimum atomic E-state index is 0.0184. The fraction of sp³-hybridized carbons (Fsp3) is 0.727. The molecule has 0 amide bonds. The highest BCUT2D eigenvalue weighted by atomic mass is 16.5. The van der Waals surface area contributed by atoms with Gasteiger partial charge in [0, 0.05) is 12.2 Å². The number of hydrogen-bond acceptors (Lipinski definition) is 3. The summed E-state index contributed by atoms with van der Waals surface area (Å²) in [5.74, 6) is 3.90. The quantitative estimate of drug-likeness (QED) is 0.149. The van der Waals surface area contributed by atoms with Gasteiger partial charge in [-0.25, -0.2) is 0 Å². The normalized spacial score (nSPS) is 37.6. The molecule has 4 aliphatic carbocycles. The Morgan fingerprint density at radius 3 is 2.47 bits per heavy atom. The number of fused-ring (bicyclic) bond motifs is 5. The standard InChI is InChI=1S/C25H43NO.C8H10O/c1-18-7-10-22-21-9-8-19-17-20(27-16-6-15-26(4)5)11-13-25(19,3)23(21)12-14-24(18,22)2;1-4-6-8(5-2)7(3)9/h17-18,20-23H,6-16H2,1-5H3;4-6H,1-2H2,3H3/b;8-6+/t18-,20-,21?,22?,23?,24+,25-;/m0./s1. The number of rotatable bonds is 8. The highest BCUT2D eigenvalue weighted by Crippen LogP contribution is 2.66. The lowest BCUT2D eigenvalue weighted by atomic mass is 9.47. The van der Waals surface area contributed by atoms with Crippen molar-refractivity contribution in [2.45, 2.75) is 91.6 Å². The van der Waals surface area contributed by atoms with Gasteiger partial charge in [0.25, 0.3) is 0 Å². The fourth-order valence-electron chi connectivity index (χ4n) is 8.16. The van der Waals surface area contributed by atoms with Gasteiger partial charge in [0.2, 0.25) is 0 Å². The molecule has 3 nitrogen and oxygen atoms in total. The van der Waals surface area contributed by atoms with Crippen LogP contribution in [-0.4, -0.2) is 44.0 Å². The largest absolute Gasteiger partial charge is 0.374 e. The van der Waals surface area contributed by atoms with E-state index in [-0.39, 0.29) is 5.78 Å². The minimum absolute atomic E-state index is 0.0184. The average Bonchev–Trinajstić information content (AvgIpc) is 3.14. The molecule has 0 N–H and O–H groups in total. The Morgan fingerprint density at radius 1 is 1.11 bits per heavy atom. The van der Waals surface area contributed by atoms with Crippen LogP contribution in [0.2, 0.25) is 0 Å². The van der Waals surface area contributed by atoms with Crippen LogP contribution in [0.4, 0.5) is 0 Å². The first kappa shape index (κ1) is 29.1. The molecule has 4 rings (SSSR count). The second kappa shape index (κ2) is 12.4. The molecule has 202 valence electrons. The fourth-order valence-corrected chi connectivity index (χ4v) is 8.16. The lowest BCUT2D eigenvalue weighted by Crippen LogP contribution is -2.50. The number of carbonyl (C=O) groups excluding carboxylic acids is 1. The number of allylic oxidation sites excluding steroid dienone is 5. The Balaban J connectivity index is 0.000000345. The molecule has 0 radical (unpaired) electrons. The smallest absolute Gasteiger partial charge is 0.159 e. The maximum Gasteiger partial charge on any atom is 0.159 e. The monoisotopic (exact) mass is 495 g/mol. The predicted octanol–water partition coefficient (Wildman–Crippen LogP) is 7.80. The molecule has 0 spiro atoms. The van der Waals surface area contributed by atoms with E-state index in [1.807, 2.05) is 0 Å². The molecule has 4 aliphatic rings. The third kappa shape index (κ3) is 6.16. The number of Topliss-reactive ketones (excluding diaryl/α,β-unsaturated/α-hetero) is 1. The maximum atomic E-state index is 10.6. The molecule has 0 saturated heterocycles. The van der Waals surface area contributed by atoms with E-state index in [2.05, 4.69) is 59.0 Å².